The van der Waals surface area contributed by atoms with Gasteiger partial charge in [-0.05, 0) is 49.7 Å². The molecule has 24 heavy (non-hydrogen) atoms. The van der Waals surface area contributed by atoms with Gasteiger partial charge in [0, 0.05) is 17.8 Å². The lowest BCUT2D eigenvalue weighted by atomic mass is 10.2. The summed E-state index contributed by atoms with van der Waals surface area (Å²) in [5, 5.41) is 15.6. The van der Waals surface area contributed by atoms with Gasteiger partial charge in [0.1, 0.15) is 5.01 Å². The second kappa shape index (κ2) is 7.42. The van der Waals surface area contributed by atoms with Crippen LogP contribution in [0.25, 0.3) is 20.8 Å². The van der Waals surface area contributed by atoms with Gasteiger partial charge in [-0.2, -0.15) is 0 Å². The molecule has 0 aliphatic carbocycles. The summed E-state index contributed by atoms with van der Waals surface area (Å²) in [6.07, 6.45) is 0.114. The first-order valence-electron chi connectivity index (χ1n) is 7.81. The van der Waals surface area contributed by atoms with Crippen LogP contribution in [0.4, 0.5) is 10.5 Å². The number of aromatic nitrogens is 1. The SMILES string of the molecule is CC(O)CCNC(=O)Nc1ccc(-c2nc3ccccc3s2)cc1. The largest absolute Gasteiger partial charge is 0.393 e. The fourth-order valence-electron chi connectivity index (χ4n) is 2.26. The quantitative estimate of drug-likeness (QED) is 0.660. The third kappa shape index (κ3) is 4.10. The van der Waals surface area contributed by atoms with E-state index in [4.69, 9.17) is 5.11 Å². The number of aliphatic hydroxyl groups excluding tert-OH is 1. The molecule has 0 saturated heterocycles. The minimum atomic E-state index is -0.418. The Morgan fingerprint density at radius 2 is 1.96 bits per heavy atom. The van der Waals surface area contributed by atoms with Crippen LogP contribution in [-0.2, 0) is 0 Å². The van der Waals surface area contributed by atoms with Crippen LogP contribution in [0.1, 0.15) is 13.3 Å². The summed E-state index contributed by atoms with van der Waals surface area (Å²) in [6, 6.07) is 15.4. The van der Waals surface area contributed by atoms with Gasteiger partial charge in [-0.3, -0.25) is 0 Å². The third-order valence-electron chi connectivity index (χ3n) is 3.53. The van der Waals surface area contributed by atoms with Crippen molar-refractivity contribution in [2.45, 2.75) is 19.4 Å². The smallest absolute Gasteiger partial charge is 0.319 e. The number of urea groups is 1. The van der Waals surface area contributed by atoms with Gasteiger partial charge in [0.2, 0.25) is 0 Å². The van der Waals surface area contributed by atoms with Gasteiger partial charge >= 0.3 is 6.03 Å². The fraction of sp³-hybridized carbons (Fsp3) is 0.222. The zero-order valence-corrected chi connectivity index (χ0v) is 14.1. The number of thiazole rings is 1. The second-order valence-corrected chi connectivity index (χ2v) is 6.61. The first-order chi connectivity index (χ1) is 11.6. The highest BCUT2D eigenvalue weighted by Crippen LogP contribution is 2.30. The lowest BCUT2D eigenvalue weighted by Crippen LogP contribution is -2.30. The Hall–Kier alpha value is -2.44. The minimum absolute atomic E-state index is 0.275. The molecule has 2 amide bonds. The van der Waals surface area contributed by atoms with E-state index in [1.807, 2.05) is 42.5 Å². The van der Waals surface area contributed by atoms with Crippen LogP contribution >= 0.6 is 11.3 Å². The second-order valence-electron chi connectivity index (χ2n) is 5.58. The lowest BCUT2D eigenvalue weighted by Gasteiger charge is -2.09. The van der Waals surface area contributed by atoms with Crippen molar-refractivity contribution in [2.75, 3.05) is 11.9 Å². The Bertz CT molecular complexity index is 795. The molecule has 0 radical (unpaired) electrons. The van der Waals surface area contributed by atoms with E-state index in [9.17, 15) is 4.79 Å². The van der Waals surface area contributed by atoms with Crippen LogP contribution in [0.3, 0.4) is 0 Å². The number of carbonyl (C=O) groups excluding carboxylic acids is 1. The van der Waals surface area contributed by atoms with E-state index in [2.05, 4.69) is 21.7 Å². The Labute approximate surface area is 144 Å². The Morgan fingerprint density at radius 1 is 1.21 bits per heavy atom. The highest BCUT2D eigenvalue weighted by atomic mass is 32.1. The number of amides is 2. The number of rotatable bonds is 5. The number of hydrogen-bond acceptors (Lipinski definition) is 4. The monoisotopic (exact) mass is 341 g/mol. The van der Waals surface area contributed by atoms with Crippen molar-refractivity contribution < 1.29 is 9.90 Å². The molecule has 3 rings (SSSR count). The van der Waals surface area contributed by atoms with Crippen molar-refractivity contribution in [3.63, 3.8) is 0 Å². The number of benzene rings is 2. The number of para-hydroxylation sites is 1. The van der Waals surface area contributed by atoms with E-state index in [1.54, 1.807) is 18.3 Å². The summed E-state index contributed by atoms with van der Waals surface area (Å²) in [5.74, 6) is 0. The van der Waals surface area contributed by atoms with Crippen molar-refractivity contribution in [2.24, 2.45) is 0 Å². The Morgan fingerprint density at radius 3 is 2.67 bits per heavy atom. The molecule has 6 heteroatoms. The third-order valence-corrected chi connectivity index (χ3v) is 4.62. The molecule has 0 bridgehead atoms. The van der Waals surface area contributed by atoms with E-state index in [-0.39, 0.29) is 6.03 Å². The van der Waals surface area contributed by atoms with Gasteiger partial charge in [-0.25, -0.2) is 9.78 Å². The number of fused-ring (bicyclic) bond motifs is 1. The average Bonchev–Trinajstić information content (AvgIpc) is 2.99. The Kier molecular flexibility index (Phi) is 5.08. The Balaban J connectivity index is 1.63. The van der Waals surface area contributed by atoms with Gasteiger partial charge in [0.05, 0.1) is 16.3 Å². The molecule has 2 aromatic carbocycles. The van der Waals surface area contributed by atoms with Gasteiger partial charge in [-0.1, -0.05) is 12.1 Å². The molecule has 1 aromatic heterocycles. The molecule has 0 spiro atoms. The molecule has 1 heterocycles. The number of aliphatic hydroxyl groups is 1. The van der Waals surface area contributed by atoms with E-state index in [0.717, 1.165) is 26.5 Å². The molecular formula is C18H19N3O2S. The lowest BCUT2D eigenvalue weighted by molar-refractivity contribution is 0.184. The molecule has 0 saturated carbocycles. The van der Waals surface area contributed by atoms with Crippen molar-refractivity contribution >= 4 is 33.3 Å². The molecule has 1 atom stereocenters. The molecule has 3 N–H and O–H groups in total. The number of nitrogens with one attached hydrogen (secondary N) is 2. The van der Waals surface area contributed by atoms with Crippen molar-refractivity contribution in [1.29, 1.82) is 0 Å². The molecule has 1 unspecified atom stereocenters. The van der Waals surface area contributed by atoms with Crippen LogP contribution in [0.2, 0.25) is 0 Å². The fourth-order valence-corrected chi connectivity index (χ4v) is 3.23. The summed E-state index contributed by atoms with van der Waals surface area (Å²) < 4.78 is 1.16. The molecular weight excluding hydrogens is 322 g/mol. The summed E-state index contributed by atoms with van der Waals surface area (Å²) in [6.45, 7) is 2.13. The highest BCUT2D eigenvalue weighted by molar-refractivity contribution is 7.21. The number of nitrogens with zero attached hydrogens (tertiary/aromatic N) is 1. The standard InChI is InChI=1S/C18H19N3O2S/c1-12(22)10-11-19-18(23)20-14-8-6-13(7-9-14)17-21-15-4-2-3-5-16(15)24-17/h2-9,12,22H,10-11H2,1H3,(H2,19,20,23). The maximum atomic E-state index is 11.8. The molecule has 124 valence electrons. The van der Waals surface area contributed by atoms with E-state index < -0.39 is 6.10 Å². The normalized spacial score (nSPS) is 12.1. The van der Waals surface area contributed by atoms with Crippen molar-refractivity contribution in [1.82, 2.24) is 10.3 Å². The van der Waals surface area contributed by atoms with Crippen LogP contribution in [0, 0.1) is 0 Å². The zero-order valence-electron chi connectivity index (χ0n) is 13.3. The topological polar surface area (TPSA) is 74.2 Å². The maximum Gasteiger partial charge on any atom is 0.319 e. The van der Waals surface area contributed by atoms with E-state index >= 15 is 0 Å². The van der Waals surface area contributed by atoms with Gasteiger partial charge in [-0.15, -0.1) is 11.3 Å². The summed E-state index contributed by atoms with van der Waals surface area (Å²) in [5.41, 5.74) is 2.74. The summed E-state index contributed by atoms with van der Waals surface area (Å²) >= 11 is 1.65. The molecule has 0 fully saturated rings. The number of anilines is 1. The molecule has 5 nitrogen and oxygen atoms in total. The predicted octanol–water partition coefficient (Wildman–Crippen LogP) is 3.86. The highest BCUT2D eigenvalue weighted by Gasteiger charge is 2.07. The van der Waals surface area contributed by atoms with E-state index in [0.29, 0.717) is 13.0 Å². The predicted molar refractivity (Wildman–Crippen MR) is 98.4 cm³/mol. The molecule has 0 aliphatic heterocycles. The van der Waals surface area contributed by atoms with Crippen LogP contribution < -0.4 is 10.6 Å². The van der Waals surface area contributed by atoms with Crippen molar-refractivity contribution in [3.05, 3.63) is 48.5 Å². The van der Waals surface area contributed by atoms with Gasteiger partial charge in [0.15, 0.2) is 0 Å². The van der Waals surface area contributed by atoms with Gasteiger partial charge in [0.25, 0.3) is 0 Å². The number of carbonyl (C=O) groups is 1. The minimum Gasteiger partial charge on any atom is -0.393 e. The zero-order chi connectivity index (χ0) is 16.9. The van der Waals surface area contributed by atoms with Crippen LogP contribution in [-0.4, -0.2) is 28.8 Å². The summed E-state index contributed by atoms with van der Waals surface area (Å²) in [7, 11) is 0. The first kappa shape index (κ1) is 16.4. The maximum absolute atomic E-state index is 11.8. The first-order valence-corrected chi connectivity index (χ1v) is 8.62. The molecule has 3 aromatic rings. The average molecular weight is 341 g/mol. The van der Waals surface area contributed by atoms with Crippen LogP contribution in [0.5, 0.6) is 0 Å². The molecule has 0 aliphatic rings. The van der Waals surface area contributed by atoms with Gasteiger partial charge < -0.3 is 15.7 Å². The van der Waals surface area contributed by atoms with Crippen molar-refractivity contribution in [3.8, 4) is 10.6 Å². The number of hydrogen-bond donors (Lipinski definition) is 3. The van der Waals surface area contributed by atoms with Crippen LogP contribution in [0.15, 0.2) is 48.5 Å². The van der Waals surface area contributed by atoms with E-state index in [1.165, 1.54) is 0 Å². The summed E-state index contributed by atoms with van der Waals surface area (Å²) in [4.78, 5) is 16.4.